The molecule has 2 aliphatic rings. The number of nitrogens with zero attached hydrogens (tertiary/aromatic N) is 2. The van der Waals surface area contributed by atoms with Gasteiger partial charge in [-0.25, -0.2) is 0 Å². The number of hydrogen-bond acceptors (Lipinski definition) is 5. The number of benzene rings is 2. The van der Waals surface area contributed by atoms with E-state index in [-0.39, 0.29) is 12.7 Å². The van der Waals surface area contributed by atoms with Gasteiger partial charge in [0, 0.05) is 42.6 Å². The smallest absolute Gasteiger partial charge is 0.289 e. The molecule has 7 heteroatoms. The van der Waals surface area contributed by atoms with Crippen molar-refractivity contribution in [1.29, 1.82) is 0 Å². The van der Waals surface area contributed by atoms with Crippen molar-refractivity contribution in [2.45, 2.75) is 6.54 Å². The largest absolute Gasteiger partial charge is 0.454 e. The number of piperazine rings is 1. The normalized spacial score (nSPS) is 16.7. The van der Waals surface area contributed by atoms with Crippen molar-refractivity contribution in [3.63, 3.8) is 0 Å². The Morgan fingerprint density at radius 2 is 1.79 bits per heavy atom. The standard InChI is InChI=1S/C21H19BrN2O4/c22-16-2-4-17-15(10-16)11-20(28-17)21(25)24-7-5-23(6-8-24)12-14-1-3-18-19(9-14)27-13-26-18/h1-4,9-11H,5-8,12-13H2. The fourth-order valence-electron chi connectivity index (χ4n) is 3.68. The molecule has 5 rings (SSSR count). The maximum atomic E-state index is 12.8. The van der Waals surface area contributed by atoms with Crippen molar-refractivity contribution in [1.82, 2.24) is 9.80 Å². The van der Waals surface area contributed by atoms with E-state index in [0.29, 0.717) is 18.8 Å². The van der Waals surface area contributed by atoms with Gasteiger partial charge in [-0.1, -0.05) is 22.0 Å². The molecule has 0 saturated carbocycles. The number of halogens is 1. The van der Waals surface area contributed by atoms with Crippen LogP contribution < -0.4 is 9.47 Å². The summed E-state index contributed by atoms with van der Waals surface area (Å²) in [5, 5.41) is 0.930. The molecular weight excluding hydrogens is 424 g/mol. The number of furan rings is 1. The number of carbonyl (C=O) groups is 1. The molecule has 6 nitrogen and oxygen atoms in total. The topological polar surface area (TPSA) is 55.2 Å². The van der Waals surface area contributed by atoms with E-state index in [9.17, 15) is 4.79 Å². The summed E-state index contributed by atoms with van der Waals surface area (Å²) in [5.74, 6) is 1.97. The molecule has 1 amide bonds. The van der Waals surface area contributed by atoms with Gasteiger partial charge >= 0.3 is 0 Å². The zero-order valence-electron chi connectivity index (χ0n) is 15.2. The number of carbonyl (C=O) groups excluding carboxylic acids is 1. The van der Waals surface area contributed by atoms with Crippen LogP contribution in [0.3, 0.4) is 0 Å². The van der Waals surface area contributed by atoms with Crippen LogP contribution in [0.5, 0.6) is 11.5 Å². The quantitative estimate of drug-likeness (QED) is 0.615. The SMILES string of the molecule is O=C(c1cc2cc(Br)ccc2o1)N1CCN(Cc2ccc3c(c2)OCO3)CC1. The third kappa shape index (κ3) is 3.36. The lowest BCUT2D eigenvalue weighted by Gasteiger charge is -2.34. The molecule has 1 fully saturated rings. The van der Waals surface area contributed by atoms with Crippen LogP contribution in [0.1, 0.15) is 16.1 Å². The van der Waals surface area contributed by atoms with Gasteiger partial charge in [0.25, 0.3) is 5.91 Å². The van der Waals surface area contributed by atoms with Gasteiger partial charge in [0.05, 0.1) is 0 Å². The summed E-state index contributed by atoms with van der Waals surface area (Å²) in [6.07, 6.45) is 0. The predicted molar refractivity (Wildman–Crippen MR) is 108 cm³/mol. The highest BCUT2D eigenvalue weighted by Gasteiger charge is 2.25. The second-order valence-corrected chi connectivity index (χ2v) is 7.96. The number of ether oxygens (including phenoxy) is 2. The van der Waals surface area contributed by atoms with E-state index in [1.807, 2.05) is 41.3 Å². The lowest BCUT2D eigenvalue weighted by Crippen LogP contribution is -2.48. The first-order chi connectivity index (χ1) is 13.7. The fourth-order valence-corrected chi connectivity index (χ4v) is 4.06. The monoisotopic (exact) mass is 442 g/mol. The summed E-state index contributed by atoms with van der Waals surface area (Å²) in [5.41, 5.74) is 1.92. The number of fused-ring (bicyclic) bond motifs is 2. The maximum Gasteiger partial charge on any atom is 0.289 e. The van der Waals surface area contributed by atoms with Gasteiger partial charge in [0.1, 0.15) is 5.58 Å². The van der Waals surface area contributed by atoms with E-state index >= 15 is 0 Å². The molecule has 0 unspecified atom stereocenters. The summed E-state index contributed by atoms with van der Waals surface area (Å²) < 4.78 is 17.5. The van der Waals surface area contributed by atoms with Crippen LogP contribution in [0.2, 0.25) is 0 Å². The number of rotatable bonds is 3. The van der Waals surface area contributed by atoms with E-state index in [2.05, 4.69) is 26.9 Å². The summed E-state index contributed by atoms with van der Waals surface area (Å²) >= 11 is 3.45. The zero-order chi connectivity index (χ0) is 19.1. The minimum atomic E-state index is -0.0462. The average Bonchev–Trinajstić information content (AvgIpc) is 3.34. The molecule has 0 atom stereocenters. The van der Waals surface area contributed by atoms with Gasteiger partial charge < -0.3 is 18.8 Å². The summed E-state index contributed by atoms with van der Waals surface area (Å²) in [6, 6.07) is 13.6. The highest BCUT2D eigenvalue weighted by atomic mass is 79.9. The van der Waals surface area contributed by atoms with Crippen molar-refractivity contribution in [3.8, 4) is 11.5 Å². The van der Waals surface area contributed by atoms with E-state index in [1.165, 1.54) is 5.56 Å². The van der Waals surface area contributed by atoms with E-state index < -0.39 is 0 Å². The third-order valence-corrected chi connectivity index (χ3v) is 5.69. The van der Waals surface area contributed by atoms with Gasteiger partial charge in [-0.05, 0) is 42.0 Å². The minimum Gasteiger partial charge on any atom is -0.454 e. The molecule has 1 saturated heterocycles. The second-order valence-electron chi connectivity index (χ2n) is 7.05. The highest BCUT2D eigenvalue weighted by Crippen LogP contribution is 2.33. The van der Waals surface area contributed by atoms with Crippen LogP contribution in [-0.2, 0) is 6.54 Å². The summed E-state index contributed by atoms with van der Waals surface area (Å²) in [7, 11) is 0. The Hall–Kier alpha value is -2.51. The summed E-state index contributed by atoms with van der Waals surface area (Å²) in [6.45, 7) is 4.14. The maximum absolute atomic E-state index is 12.8. The van der Waals surface area contributed by atoms with Crippen LogP contribution in [-0.4, -0.2) is 48.7 Å². The molecule has 0 radical (unpaired) electrons. The van der Waals surface area contributed by atoms with E-state index in [1.54, 1.807) is 0 Å². The van der Waals surface area contributed by atoms with Gasteiger partial charge in [-0.15, -0.1) is 0 Å². The first kappa shape index (κ1) is 17.6. The van der Waals surface area contributed by atoms with Gasteiger partial charge in [0.2, 0.25) is 6.79 Å². The lowest BCUT2D eigenvalue weighted by atomic mass is 10.1. The molecule has 144 valence electrons. The van der Waals surface area contributed by atoms with Crippen molar-refractivity contribution in [3.05, 3.63) is 58.3 Å². The lowest BCUT2D eigenvalue weighted by molar-refractivity contribution is 0.0600. The molecule has 2 aromatic carbocycles. The molecule has 2 aliphatic heterocycles. The molecule has 3 heterocycles. The second kappa shape index (κ2) is 7.14. The Kier molecular flexibility index (Phi) is 4.49. The Labute approximate surface area is 170 Å². The average molecular weight is 443 g/mol. The van der Waals surface area contributed by atoms with Crippen molar-refractivity contribution in [2.75, 3.05) is 33.0 Å². The van der Waals surface area contributed by atoms with E-state index in [4.69, 9.17) is 13.9 Å². The minimum absolute atomic E-state index is 0.0462. The highest BCUT2D eigenvalue weighted by molar-refractivity contribution is 9.10. The first-order valence-electron chi connectivity index (χ1n) is 9.25. The Morgan fingerprint density at radius 1 is 0.964 bits per heavy atom. The predicted octanol–water partition coefficient (Wildman–Crippen LogP) is 3.88. The van der Waals surface area contributed by atoms with Gasteiger partial charge in [-0.2, -0.15) is 0 Å². The van der Waals surface area contributed by atoms with Crippen molar-refractivity contribution in [2.24, 2.45) is 0 Å². The van der Waals surface area contributed by atoms with Crippen LogP contribution in [0, 0.1) is 0 Å². The molecule has 0 aliphatic carbocycles. The van der Waals surface area contributed by atoms with Crippen molar-refractivity contribution >= 4 is 32.8 Å². The molecule has 28 heavy (non-hydrogen) atoms. The molecule has 3 aromatic rings. The Balaban J connectivity index is 1.22. The molecule has 0 spiro atoms. The van der Waals surface area contributed by atoms with Gasteiger partial charge in [-0.3, -0.25) is 9.69 Å². The third-order valence-electron chi connectivity index (χ3n) is 5.19. The summed E-state index contributed by atoms with van der Waals surface area (Å²) in [4.78, 5) is 17.0. The number of hydrogen-bond donors (Lipinski definition) is 0. The van der Waals surface area contributed by atoms with E-state index in [0.717, 1.165) is 46.6 Å². The molecule has 0 N–H and O–H groups in total. The van der Waals surface area contributed by atoms with Crippen LogP contribution >= 0.6 is 15.9 Å². The number of amides is 1. The first-order valence-corrected chi connectivity index (χ1v) is 10.0. The fraction of sp³-hybridized carbons (Fsp3) is 0.286. The Bertz CT molecular complexity index is 1040. The zero-order valence-corrected chi connectivity index (χ0v) is 16.8. The van der Waals surface area contributed by atoms with Crippen LogP contribution in [0.15, 0.2) is 51.4 Å². The molecular formula is C21H19BrN2O4. The van der Waals surface area contributed by atoms with Crippen molar-refractivity contribution < 1.29 is 18.7 Å². The van der Waals surface area contributed by atoms with Gasteiger partial charge in [0.15, 0.2) is 17.3 Å². The van der Waals surface area contributed by atoms with Crippen LogP contribution in [0.4, 0.5) is 0 Å². The Morgan fingerprint density at radius 3 is 2.64 bits per heavy atom. The van der Waals surface area contributed by atoms with Crippen LogP contribution in [0.25, 0.3) is 11.0 Å². The molecule has 1 aromatic heterocycles. The molecule has 0 bridgehead atoms.